The summed E-state index contributed by atoms with van der Waals surface area (Å²) in [5, 5.41) is 10.2. The van der Waals surface area contributed by atoms with Gasteiger partial charge in [0.05, 0.1) is 17.4 Å². The maximum Gasteiger partial charge on any atom is 0.321 e. The first-order chi connectivity index (χ1) is 25.5. The highest BCUT2D eigenvalue weighted by molar-refractivity contribution is 6.31. The molecule has 0 aliphatic carbocycles. The molecule has 1 atom stereocenters. The standard InChI is InChI=1S/C41H41Cl2N7O3/c1-5-50(27(3)29-13-15-30(42)16-14-29)37(26(2)28-10-7-6-8-11-28)35-32-18-17-31(43)24-34(32)46-36(35)39(52)47-33-12-9-21-44-38(33)49-22-19-41(4,20-23-49)48-40(53)45-25-51/h5-18,21,24-25,27,46H,1,19-20,22-23H2,2-4H3,(H,47,52)(H2,45,48,51,53)/b37-26+. The number of carbonyl (C=O) groups is 3. The number of anilines is 2. The van der Waals surface area contributed by atoms with Crippen molar-refractivity contribution in [3.8, 4) is 0 Å². The molecule has 0 bridgehead atoms. The van der Waals surface area contributed by atoms with Crippen LogP contribution in [0.25, 0.3) is 22.2 Å². The van der Waals surface area contributed by atoms with Crippen molar-refractivity contribution < 1.29 is 14.4 Å². The van der Waals surface area contributed by atoms with Gasteiger partial charge in [-0.25, -0.2) is 9.78 Å². The summed E-state index contributed by atoms with van der Waals surface area (Å²) < 4.78 is 0. The van der Waals surface area contributed by atoms with Crippen molar-refractivity contribution in [3.63, 3.8) is 0 Å². The minimum absolute atomic E-state index is 0.194. The molecule has 12 heteroatoms. The summed E-state index contributed by atoms with van der Waals surface area (Å²) >= 11 is 12.8. The van der Waals surface area contributed by atoms with Gasteiger partial charge in [0.15, 0.2) is 5.82 Å². The van der Waals surface area contributed by atoms with E-state index in [1.54, 1.807) is 18.5 Å². The number of nitrogens with one attached hydrogen (secondary N) is 4. The zero-order valence-corrected chi connectivity index (χ0v) is 31.3. The topological polar surface area (TPSA) is 122 Å². The van der Waals surface area contributed by atoms with E-state index < -0.39 is 11.6 Å². The summed E-state index contributed by atoms with van der Waals surface area (Å²) in [6, 6.07) is 26.2. The number of urea groups is 1. The number of amides is 4. The molecular weight excluding hydrogens is 709 g/mol. The Labute approximate surface area is 318 Å². The first-order valence-corrected chi connectivity index (χ1v) is 18.1. The van der Waals surface area contributed by atoms with Crippen LogP contribution in [0.2, 0.25) is 10.0 Å². The highest BCUT2D eigenvalue weighted by atomic mass is 35.5. The minimum Gasteiger partial charge on any atom is -0.355 e. The van der Waals surface area contributed by atoms with E-state index in [1.165, 1.54) is 0 Å². The molecule has 0 radical (unpaired) electrons. The summed E-state index contributed by atoms with van der Waals surface area (Å²) in [6.07, 6.45) is 5.05. The molecule has 1 aliphatic heterocycles. The van der Waals surface area contributed by atoms with Crippen LogP contribution in [-0.4, -0.2) is 51.8 Å². The monoisotopic (exact) mass is 749 g/mol. The van der Waals surface area contributed by atoms with Gasteiger partial charge in [0.2, 0.25) is 6.41 Å². The van der Waals surface area contributed by atoms with Crippen molar-refractivity contribution in [2.24, 2.45) is 0 Å². The number of fused-ring (bicyclic) bond motifs is 1. The van der Waals surface area contributed by atoms with Crippen molar-refractivity contribution in [1.29, 1.82) is 0 Å². The van der Waals surface area contributed by atoms with Crippen molar-refractivity contribution in [1.82, 2.24) is 25.5 Å². The van der Waals surface area contributed by atoms with Gasteiger partial charge in [-0.2, -0.15) is 0 Å². The van der Waals surface area contributed by atoms with E-state index in [2.05, 4.69) is 49.2 Å². The molecule has 10 nitrogen and oxygen atoms in total. The predicted octanol–water partition coefficient (Wildman–Crippen LogP) is 9.03. The number of pyridine rings is 1. The summed E-state index contributed by atoms with van der Waals surface area (Å²) in [6.45, 7) is 11.5. The lowest BCUT2D eigenvalue weighted by Gasteiger charge is -2.40. The largest absolute Gasteiger partial charge is 0.355 e. The first kappa shape index (κ1) is 37.2. The van der Waals surface area contributed by atoms with E-state index in [9.17, 15) is 14.4 Å². The maximum absolute atomic E-state index is 14.7. The van der Waals surface area contributed by atoms with Crippen molar-refractivity contribution in [2.75, 3.05) is 23.3 Å². The van der Waals surface area contributed by atoms with Crippen molar-refractivity contribution in [2.45, 2.75) is 45.2 Å². The average molecular weight is 751 g/mol. The summed E-state index contributed by atoms with van der Waals surface area (Å²) in [4.78, 5) is 49.8. The highest BCUT2D eigenvalue weighted by Crippen LogP contribution is 2.41. The molecule has 1 saturated heterocycles. The lowest BCUT2D eigenvalue weighted by atomic mass is 9.89. The van der Waals surface area contributed by atoms with E-state index in [0.717, 1.165) is 27.8 Å². The molecular formula is C41H41Cl2N7O3. The van der Waals surface area contributed by atoms with E-state index in [4.69, 9.17) is 23.2 Å². The van der Waals surface area contributed by atoms with Gasteiger partial charge in [-0.15, -0.1) is 0 Å². The van der Waals surface area contributed by atoms with Crippen LogP contribution in [0.4, 0.5) is 16.3 Å². The molecule has 1 aliphatic rings. The number of hydrogen-bond acceptors (Lipinski definition) is 6. The summed E-state index contributed by atoms with van der Waals surface area (Å²) in [5.74, 6) is 0.249. The van der Waals surface area contributed by atoms with Crippen LogP contribution in [0.1, 0.15) is 66.8 Å². The Morgan fingerprint density at radius 2 is 1.70 bits per heavy atom. The minimum atomic E-state index is -0.536. The number of nitrogens with zero attached hydrogens (tertiary/aromatic N) is 3. The van der Waals surface area contributed by atoms with E-state index in [-0.39, 0.29) is 11.9 Å². The lowest BCUT2D eigenvalue weighted by Crippen LogP contribution is -2.55. The van der Waals surface area contributed by atoms with Crippen LogP contribution in [0.5, 0.6) is 0 Å². The third-order valence-electron chi connectivity index (χ3n) is 9.82. The number of benzene rings is 3. The number of carbonyl (C=O) groups excluding carboxylic acids is 3. The molecule has 3 aromatic carbocycles. The normalized spacial score (nSPS) is 14.8. The number of imide groups is 1. The van der Waals surface area contributed by atoms with Crippen LogP contribution in [0.3, 0.4) is 0 Å². The smallest absolute Gasteiger partial charge is 0.321 e. The maximum atomic E-state index is 14.7. The third-order valence-corrected chi connectivity index (χ3v) is 10.3. The molecule has 1 fully saturated rings. The van der Waals surface area contributed by atoms with Crippen molar-refractivity contribution >= 4 is 75.2 Å². The highest BCUT2D eigenvalue weighted by Gasteiger charge is 2.33. The molecule has 4 amide bonds. The number of H-pyrrole nitrogens is 1. The van der Waals surface area contributed by atoms with Gasteiger partial charge in [-0.05, 0) is 92.9 Å². The summed E-state index contributed by atoms with van der Waals surface area (Å²) in [7, 11) is 0. The Hall–Kier alpha value is -5.58. The number of hydrogen-bond donors (Lipinski definition) is 4. The second-order valence-electron chi connectivity index (χ2n) is 13.3. The zero-order valence-electron chi connectivity index (χ0n) is 29.8. The van der Waals surface area contributed by atoms with Gasteiger partial charge < -0.3 is 25.4 Å². The molecule has 3 heterocycles. The molecule has 0 saturated carbocycles. The van der Waals surface area contributed by atoms with E-state index >= 15 is 0 Å². The SMILES string of the molecule is C=CN(/C(=C(\C)c1ccccc1)c1c(C(=O)Nc2cccnc2N2CCC(C)(NC(=O)NC=O)CC2)[nH]c2cc(Cl)ccc12)C(C)c1ccc(Cl)cc1. The number of piperidine rings is 1. The van der Waals surface area contributed by atoms with Gasteiger partial charge in [0, 0.05) is 51.3 Å². The van der Waals surface area contributed by atoms with Crippen LogP contribution in [0, 0.1) is 0 Å². The van der Waals surface area contributed by atoms with Gasteiger partial charge in [-0.1, -0.05) is 78.3 Å². The molecule has 2 aromatic heterocycles. The molecule has 6 rings (SSSR count). The molecule has 5 aromatic rings. The Morgan fingerprint density at radius 3 is 2.38 bits per heavy atom. The van der Waals surface area contributed by atoms with Crippen LogP contribution in [0.15, 0.2) is 104 Å². The van der Waals surface area contributed by atoms with Gasteiger partial charge in [0.1, 0.15) is 5.69 Å². The number of allylic oxidation sites excluding steroid dienone is 1. The molecule has 0 spiro atoms. The molecule has 4 N–H and O–H groups in total. The van der Waals surface area contributed by atoms with Crippen LogP contribution >= 0.6 is 23.2 Å². The lowest BCUT2D eigenvalue weighted by molar-refractivity contribution is -0.108. The fourth-order valence-electron chi connectivity index (χ4n) is 6.90. The first-order valence-electron chi connectivity index (χ1n) is 17.3. The van der Waals surface area contributed by atoms with Crippen LogP contribution < -0.4 is 20.9 Å². The second kappa shape index (κ2) is 16.0. The zero-order chi connectivity index (χ0) is 37.7. The average Bonchev–Trinajstić information content (AvgIpc) is 3.52. The number of aromatic nitrogens is 2. The van der Waals surface area contributed by atoms with Crippen LogP contribution in [-0.2, 0) is 4.79 Å². The second-order valence-corrected chi connectivity index (χ2v) is 14.2. The third kappa shape index (κ3) is 8.09. The van der Waals surface area contributed by atoms with Gasteiger partial charge >= 0.3 is 6.03 Å². The predicted molar refractivity (Wildman–Crippen MR) is 214 cm³/mol. The number of aromatic amines is 1. The Kier molecular flexibility index (Phi) is 11.2. The molecule has 53 heavy (non-hydrogen) atoms. The Morgan fingerprint density at radius 1 is 1.00 bits per heavy atom. The number of rotatable bonds is 11. The quantitative estimate of drug-likeness (QED) is 0.100. The van der Waals surface area contributed by atoms with Gasteiger partial charge in [0.25, 0.3) is 5.91 Å². The Balaban J connectivity index is 1.42. The fourth-order valence-corrected chi connectivity index (χ4v) is 7.20. The van der Waals surface area contributed by atoms with Gasteiger partial charge in [-0.3, -0.25) is 14.9 Å². The van der Waals surface area contributed by atoms with E-state index in [0.29, 0.717) is 70.7 Å². The molecule has 272 valence electrons. The summed E-state index contributed by atoms with van der Waals surface area (Å²) in [5.41, 5.74) is 5.48. The molecule has 1 unspecified atom stereocenters. The number of halogens is 2. The van der Waals surface area contributed by atoms with E-state index in [1.807, 2.05) is 92.7 Å². The Bertz CT molecular complexity index is 2180. The fraction of sp³-hybridized carbons (Fsp3) is 0.220. The van der Waals surface area contributed by atoms with Crippen molar-refractivity contribution in [3.05, 3.63) is 136 Å².